The topological polar surface area (TPSA) is 63.1 Å². The van der Waals surface area contributed by atoms with Crippen LogP contribution in [0.1, 0.15) is 45.4 Å². The molecule has 0 radical (unpaired) electrons. The lowest BCUT2D eigenvalue weighted by molar-refractivity contribution is -0.856. The third-order valence-electron chi connectivity index (χ3n) is 5.71. The highest BCUT2D eigenvalue weighted by Gasteiger charge is 2.55. The Morgan fingerprint density at radius 1 is 1.21 bits per heavy atom. The number of hydrogen-bond acceptors (Lipinski definition) is 3. The van der Waals surface area contributed by atoms with Crippen molar-refractivity contribution in [2.75, 3.05) is 33.8 Å². The molecule has 1 atom stereocenters. The Morgan fingerprint density at radius 3 is 2.46 bits per heavy atom. The summed E-state index contributed by atoms with van der Waals surface area (Å²) < 4.78 is 6.14. The summed E-state index contributed by atoms with van der Waals surface area (Å²) in [6.45, 7) is 4.10. The van der Waals surface area contributed by atoms with E-state index < -0.39 is 11.8 Å². The van der Waals surface area contributed by atoms with Crippen molar-refractivity contribution in [2.24, 2.45) is 11.8 Å². The highest BCUT2D eigenvalue weighted by molar-refractivity contribution is 5.90. The molecule has 2 aliphatic carbocycles. The molecular weight excluding hydrogens is 306 g/mol. The minimum absolute atomic E-state index is 0.0549. The predicted octanol–water partition coefficient (Wildman–Crippen LogP) is -0.209. The summed E-state index contributed by atoms with van der Waals surface area (Å²) >= 11 is 0. The second-order valence-electron chi connectivity index (χ2n) is 8.19. The van der Waals surface area contributed by atoms with E-state index in [4.69, 9.17) is 4.74 Å². The van der Waals surface area contributed by atoms with Gasteiger partial charge in [-0.3, -0.25) is 14.5 Å². The molecule has 0 aromatic carbocycles. The fraction of sp³-hybridized carbons (Fsp3) is 0.889. The maximum Gasteiger partial charge on any atom is 0.245 e. The predicted molar refractivity (Wildman–Crippen MR) is 90.4 cm³/mol. The smallest absolute Gasteiger partial charge is 0.245 e. The molecule has 2 saturated carbocycles. The van der Waals surface area contributed by atoms with E-state index in [2.05, 4.69) is 26.3 Å². The summed E-state index contributed by atoms with van der Waals surface area (Å²) in [5, 5.41) is 3.00. The van der Waals surface area contributed by atoms with Crippen LogP contribution in [0.15, 0.2) is 0 Å². The molecule has 1 aliphatic heterocycles. The zero-order valence-corrected chi connectivity index (χ0v) is 15.3. The Labute approximate surface area is 144 Å². The molecule has 6 heteroatoms. The summed E-state index contributed by atoms with van der Waals surface area (Å²) in [6.07, 6.45) is 5.76. The molecule has 24 heavy (non-hydrogen) atoms. The number of ether oxygens (including phenoxy) is 1. The van der Waals surface area contributed by atoms with E-state index in [1.54, 1.807) is 0 Å². The number of nitrogens with zero attached hydrogens (tertiary/aromatic N) is 1. The number of amides is 2. The van der Waals surface area contributed by atoms with E-state index in [1.165, 1.54) is 4.90 Å². The number of quaternary nitrogens is 1. The van der Waals surface area contributed by atoms with Gasteiger partial charge in [0.05, 0.1) is 33.8 Å². The summed E-state index contributed by atoms with van der Waals surface area (Å²) in [5.74, 6) is 0.874. The van der Waals surface area contributed by atoms with Crippen molar-refractivity contribution in [2.45, 2.75) is 57.2 Å². The Hall–Kier alpha value is -1.14. The molecule has 6 nitrogen and oxygen atoms in total. The van der Waals surface area contributed by atoms with Crippen molar-refractivity contribution in [3.05, 3.63) is 0 Å². The van der Waals surface area contributed by atoms with E-state index in [-0.39, 0.29) is 17.7 Å². The van der Waals surface area contributed by atoms with E-state index >= 15 is 0 Å². The Morgan fingerprint density at radius 2 is 1.88 bits per heavy atom. The zero-order chi connectivity index (χ0) is 17.3. The van der Waals surface area contributed by atoms with Gasteiger partial charge >= 0.3 is 0 Å². The maximum absolute atomic E-state index is 12.9. The lowest BCUT2D eigenvalue weighted by Gasteiger charge is -2.43. The quantitative estimate of drug-likeness (QED) is 0.729. The minimum atomic E-state index is -0.527. The fourth-order valence-electron chi connectivity index (χ4n) is 3.89. The van der Waals surface area contributed by atoms with E-state index in [1.807, 2.05) is 4.90 Å². The normalized spacial score (nSPS) is 33.2. The van der Waals surface area contributed by atoms with Crippen LogP contribution in [0.25, 0.3) is 0 Å². The second-order valence-corrected chi connectivity index (χ2v) is 8.19. The number of carbonyl (C=O) groups excluding carboxylic acids is 2. The molecule has 1 heterocycles. The molecule has 0 bridgehead atoms. The van der Waals surface area contributed by atoms with Crippen LogP contribution in [0.2, 0.25) is 0 Å². The molecule has 1 spiro atoms. The highest BCUT2D eigenvalue weighted by Crippen LogP contribution is 2.45. The van der Waals surface area contributed by atoms with Crippen LogP contribution in [-0.2, 0) is 14.3 Å². The average molecular weight is 338 g/mol. The standard InChI is InChI=1S/C18H31N3O3/c1-13-6-8-18(9-7-13)21(17(23)14-4-5-14)15(12-24-18)16(22)19-10-11-20(2)3/h13-15H,4-12H2,1-3H3,(H,19,22)/p+1/t13?,15-,18?/m0/s1. The maximum atomic E-state index is 12.9. The zero-order valence-electron chi connectivity index (χ0n) is 15.3. The van der Waals surface area contributed by atoms with E-state index in [0.29, 0.717) is 19.1 Å². The van der Waals surface area contributed by atoms with Crippen molar-refractivity contribution < 1.29 is 19.2 Å². The Kier molecular flexibility index (Phi) is 5.16. The SMILES string of the molecule is CC1CCC2(CC1)OC[C@@H](C(=O)NCC[NH+](C)C)N2C(=O)C1CC1. The Balaban J connectivity index is 1.71. The van der Waals surface area contributed by atoms with Gasteiger partial charge in [-0.25, -0.2) is 0 Å². The molecule has 1 saturated heterocycles. The molecule has 136 valence electrons. The first-order valence-corrected chi connectivity index (χ1v) is 9.47. The van der Waals surface area contributed by atoms with Crippen molar-refractivity contribution >= 4 is 11.8 Å². The second kappa shape index (κ2) is 7.00. The van der Waals surface area contributed by atoms with Crippen LogP contribution in [0.4, 0.5) is 0 Å². The molecule has 0 aromatic rings. The van der Waals surface area contributed by atoms with E-state index in [0.717, 1.165) is 45.1 Å². The van der Waals surface area contributed by atoms with Gasteiger partial charge in [0.2, 0.25) is 11.8 Å². The van der Waals surface area contributed by atoms with Crippen LogP contribution in [0.5, 0.6) is 0 Å². The minimum Gasteiger partial charge on any atom is -0.353 e. The lowest BCUT2D eigenvalue weighted by atomic mass is 9.83. The molecule has 2 N–H and O–H groups in total. The summed E-state index contributed by atoms with van der Waals surface area (Å²) in [7, 11) is 4.12. The van der Waals surface area contributed by atoms with Gasteiger partial charge < -0.3 is 15.0 Å². The van der Waals surface area contributed by atoms with Gasteiger partial charge in [-0.2, -0.15) is 0 Å². The van der Waals surface area contributed by atoms with Gasteiger partial charge in [-0.1, -0.05) is 6.92 Å². The number of carbonyl (C=O) groups is 2. The van der Waals surface area contributed by atoms with Gasteiger partial charge in [0, 0.05) is 5.92 Å². The highest BCUT2D eigenvalue weighted by atomic mass is 16.5. The van der Waals surface area contributed by atoms with Gasteiger partial charge in [0.25, 0.3) is 0 Å². The van der Waals surface area contributed by atoms with Gasteiger partial charge in [0.1, 0.15) is 11.8 Å². The van der Waals surface area contributed by atoms with Crippen LogP contribution >= 0.6 is 0 Å². The number of rotatable bonds is 5. The lowest BCUT2D eigenvalue weighted by Crippen LogP contribution is -3.06. The molecule has 3 aliphatic rings. The van der Waals surface area contributed by atoms with Crippen molar-refractivity contribution in [3.63, 3.8) is 0 Å². The van der Waals surface area contributed by atoms with Crippen LogP contribution in [0, 0.1) is 11.8 Å². The monoisotopic (exact) mass is 338 g/mol. The third kappa shape index (κ3) is 3.59. The third-order valence-corrected chi connectivity index (χ3v) is 5.71. The van der Waals surface area contributed by atoms with Crippen molar-refractivity contribution in [1.29, 1.82) is 0 Å². The van der Waals surface area contributed by atoms with Crippen molar-refractivity contribution in [1.82, 2.24) is 10.2 Å². The Bertz CT molecular complexity index is 482. The molecule has 0 aromatic heterocycles. The van der Waals surface area contributed by atoms with Gasteiger partial charge in [-0.15, -0.1) is 0 Å². The first-order valence-electron chi connectivity index (χ1n) is 9.47. The van der Waals surface area contributed by atoms with Crippen LogP contribution < -0.4 is 10.2 Å². The first kappa shape index (κ1) is 17.7. The largest absolute Gasteiger partial charge is 0.353 e. The van der Waals surface area contributed by atoms with Crippen molar-refractivity contribution in [3.8, 4) is 0 Å². The fourth-order valence-corrected chi connectivity index (χ4v) is 3.89. The number of nitrogens with one attached hydrogen (secondary N) is 2. The molecule has 3 fully saturated rings. The summed E-state index contributed by atoms with van der Waals surface area (Å²) in [5.41, 5.74) is -0.527. The summed E-state index contributed by atoms with van der Waals surface area (Å²) in [6, 6.07) is -0.455. The summed E-state index contributed by atoms with van der Waals surface area (Å²) in [4.78, 5) is 28.7. The average Bonchev–Trinajstić information content (AvgIpc) is 3.32. The number of likely N-dealkylation sites (N-methyl/N-ethyl adjacent to an activating group) is 1. The molecule has 0 unspecified atom stereocenters. The van der Waals surface area contributed by atoms with Gasteiger partial charge in [-0.05, 0) is 44.4 Å². The molecule has 2 amide bonds. The van der Waals surface area contributed by atoms with E-state index in [9.17, 15) is 9.59 Å². The van der Waals surface area contributed by atoms with Crippen LogP contribution in [-0.4, -0.2) is 62.3 Å². The molecule has 3 rings (SSSR count). The molecular formula is C18H32N3O3+. The van der Waals surface area contributed by atoms with Crippen LogP contribution in [0.3, 0.4) is 0 Å². The number of hydrogen-bond donors (Lipinski definition) is 2. The van der Waals surface area contributed by atoms with Gasteiger partial charge in [0.15, 0.2) is 0 Å². The first-order chi connectivity index (χ1) is 11.4.